The number of carboxylic acids is 1. The first kappa shape index (κ1) is 53.7. The maximum Gasteiger partial charge on any atom is 0.326 e. The van der Waals surface area contributed by atoms with Crippen LogP contribution in [-0.4, -0.2) is 131 Å². The van der Waals surface area contributed by atoms with Crippen LogP contribution in [-0.2, 0) is 49.6 Å². The van der Waals surface area contributed by atoms with Gasteiger partial charge in [0.15, 0.2) is 5.96 Å². The highest BCUT2D eigenvalue weighted by molar-refractivity contribution is 5.98. The van der Waals surface area contributed by atoms with Crippen molar-refractivity contribution in [3.8, 4) is 0 Å². The lowest BCUT2D eigenvalue weighted by Crippen LogP contribution is -2.61. The van der Waals surface area contributed by atoms with Crippen LogP contribution in [0.2, 0.25) is 0 Å². The molecule has 1 aromatic carbocycles. The SMILES string of the molecule is CC[C@H](C)[C@H](NC(=O)[C@@H](NC(=O)[C@H](CCCN=C(N)N)NC(=O)[C@H](CC(C)C)NC(=O)[C@H](CC(N)=O)NC(=O)CNC(=O)CNC(=O)[C@@H](N)Cc1ccccc1)[C@@H](C)O)C(=O)O. The van der Waals surface area contributed by atoms with E-state index in [4.69, 9.17) is 22.9 Å². The topological polar surface area (TPSA) is 395 Å². The Hall–Kier alpha value is -6.36. The van der Waals surface area contributed by atoms with Gasteiger partial charge in [-0.3, -0.25) is 43.3 Å². The third-order valence-corrected chi connectivity index (χ3v) is 9.32. The van der Waals surface area contributed by atoms with E-state index in [1.807, 2.05) is 6.07 Å². The standard InChI is InChI=1S/C39H64N12O11/c1-6-21(4)31(38(61)62)50-37(60)32(22(5)52)51-34(57)25(13-10-14-44-39(42)43)48-35(58)26(15-20(2)3)49-36(59)27(17-28(41)53)47-30(55)19-45-29(54)18-46-33(56)24(40)16-23-11-8-7-9-12-23/h7-9,11-12,20-22,24-27,31-32,52H,6,10,13-19,40H2,1-5H3,(H2,41,53)(H,45,54)(H,46,56)(H,47,55)(H,48,58)(H,49,59)(H,50,60)(H,51,57)(H,61,62)(H4,42,43,44)/t21-,22+,24-,25-,26-,27-,31-,32-/m0/s1. The monoisotopic (exact) mass is 876 g/mol. The van der Waals surface area contributed by atoms with Gasteiger partial charge in [-0.05, 0) is 50.0 Å². The van der Waals surface area contributed by atoms with Crippen LogP contribution in [0.1, 0.15) is 72.3 Å². The minimum Gasteiger partial charge on any atom is -0.480 e. The molecular weight excluding hydrogens is 813 g/mol. The number of guanidine groups is 1. The molecule has 0 spiro atoms. The van der Waals surface area contributed by atoms with Gasteiger partial charge in [0.2, 0.25) is 47.3 Å². The number of primary amides is 1. The van der Waals surface area contributed by atoms with E-state index in [1.54, 1.807) is 52.0 Å². The molecule has 17 N–H and O–H groups in total. The summed E-state index contributed by atoms with van der Waals surface area (Å²) in [6.45, 7) is 6.80. The highest BCUT2D eigenvalue weighted by Gasteiger charge is 2.35. The average molecular weight is 877 g/mol. The van der Waals surface area contributed by atoms with Gasteiger partial charge >= 0.3 is 5.97 Å². The minimum absolute atomic E-state index is 0.0151. The molecule has 23 heteroatoms. The molecule has 0 aliphatic rings. The van der Waals surface area contributed by atoms with Gasteiger partial charge in [0.1, 0.15) is 30.2 Å². The molecule has 62 heavy (non-hydrogen) atoms. The number of nitrogens with two attached hydrogens (primary N) is 4. The molecule has 0 aromatic heterocycles. The first-order valence-electron chi connectivity index (χ1n) is 20.1. The van der Waals surface area contributed by atoms with Crippen molar-refractivity contribution in [1.82, 2.24) is 37.2 Å². The Labute approximate surface area is 360 Å². The fraction of sp³-hybridized carbons (Fsp3) is 0.590. The van der Waals surface area contributed by atoms with E-state index in [9.17, 15) is 53.4 Å². The second-order valence-electron chi connectivity index (χ2n) is 15.2. The van der Waals surface area contributed by atoms with E-state index in [0.717, 1.165) is 5.56 Å². The van der Waals surface area contributed by atoms with Crippen LogP contribution < -0.4 is 60.2 Å². The molecule has 0 unspecified atom stereocenters. The Balaban J connectivity index is 3.12. The molecule has 8 atom stereocenters. The molecule has 0 bridgehead atoms. The summed E-state index contributed by atoms with van der Waals surface area (Å²) in [5.74, 6) is -9.47. The maximum atomic E-state index is 13.8. The number of aliphatic imine (C=N–C) groups is 1. The number of aliphatic hydroxyl groups excluding tert-OH is 1. The number of amides is 8. The van der Waals surface area contributed by atoms with Crippen molar-refractivity contribution < 1.29 is 53.4 Å². The Morgan fingerprint density at radius 3 is 1.81 bits per heavy atom. The summed E-state index contributed by atoms with van der Waals surface area (Å²) in [5.41, 5.74) is 22.9. The number of carboxylic acid groups (broad SMARTS) is 1. The smallest absolute Gasteiger partial charge is 0.326 e. The maximum absolute atomic E-state index is 13.8. The third-order valence-electron chi connectivity index (χ3n) is 9.32. The summed E-state index contributed by atoms with van der Waals surface area (Å²) in [6, 6.07) is 0.617. The summed E-state index contributed by atoms with van der Waals surface area (Å²) >= 11 is 0. The lowest BCUT2D eigenvalue weighted by Gasteiger charge is -2.28. The molecule has 0 radical (unpaired) electrons. The first-order valence-corrected chi connectivity index (χ1v) is 20.1. The largest absolute Gasteiger partial charge is 0.480 e. The zero-order valence-corrected chi connectivity index (χ0v) is 35.8. The number of hydrogen-bond acceptors (Lipinski definition) is 12. The van der Waals surface area contributed by atoms with E-state index >= 15 is 0 Å². The zero-order chi connectivity index (χ0) is 47.1. The van der Waals surface area contributed by atoms with Gasteiger partial charge in [0.25, 0.3) is 0 Å². The molecule has 8 amide bonds. The van der Waals surface area contributed by atoms with E-state index in [1.165, 1.54) is 6.92 Å². The number of nitrogens with one attached hydrogen (secondary N) is 7. The number of aliphatic carboxylic acids is 1. The molecule has 23 nitrogen and oxygen atoms in total. The third kappa shape index (κ3) is 20.7. The Morgan fingerprint density at radius 1 is 0.694 bits per heavy atom. The van der Waals surface area contributed by atoms with Crippen LogP contribution in [0.4, 0.5) is 0 Å². The predicted molar refractivity (Wildman–Crippen MR) is 226 cm³/mol. The first-order chi connectivity index (χ1) is 29.0. The van der Waals surface area contributed by atoms with Gasteiger partial charge in [-0.1, -0.05) is 64.4 Å². The lowest BCUT2D eigenvalue weighted by atomic mass is 9.98. The summed E-state index contributed by atoms with van der Waals surface area (Å²) in [4.78, 5) is 119. The summed E-state index contributed by atoms with van der Waals surface area (Å²) in [7, 11) is 0. The molecule has 1 rings (SSSR count). The second-order valence-corrected chi connectivity index (χ2v) is 15.2. The molecule has 0 saturated carbocycles. The number of benzene rings is 1. The fourth-order valence-corrected chi connectivity index (χ4v) is 5.76. The van der Waals surface area contributed by atoms with Crippen molar-refractivity contribution in [2.24, 2.45) is 39.8 Å². The van der Waals surface area contributed by atoms with Crippen LogP contribution >= 0.6 is 0 Å². The highest BCUT2D eigenvalue weighted by Crippen LogP contribution is 2.11. The Kier molecular flexibility index (Phi) is 23.8. The minimum atomic E-state index is -1.65. The normalized spacial score (nSPS) is 14.8. The van der Waals surface area contributed by atoms with Gasteiger partial charge in [0, 0.05) is 6.54 Å². The van der Waals surface area contributed by atoms with Gasteiger partial charge < -0.3 is 70.4 Å². The molecule has 0 saturated heterocycles. The number of aliphatic hydroxyl groups is 1. The molecule has 0 aliphatic carbocycles. The zero-order valence-electron chi connectivity index (χ0n) is 35.8. The van der Waals surface area contributed by atoms with E-state index < -0.39 is 121 Å². The lowest BCUT2D eigenvalue weighted by molar-refractivity contribution is -0.144. The van der Waals surface area contributed by atoms with Crippen LogP contribution in [0, 0.1) is 11.8 Å². The van der Waals surface area contributed by atoms with Crippen molar-refractivity contribution in [1.29, 1.82) is 0 Å². The average Bonchev–Trinajstić information content (AvgIpc) is 3.19. The number of nitrogens with zero attached hydrogens (tertiary/aromatic N) is 1. The number of carbonyl (C=O) groups excluding carboxylic acids is 8. The molecule has 0 aliphatic heterocycles. The van der Waals surface area contributed by atoms with Gasteiger partial charge in [-0.25, -0.2) is 4.79 Å². The van der Waals surface area contributed by atoms with E-state index in [0.29, 0.717) is 6.42 Å². The Morgan fingerprint density at radius 2 is 1.26 bits per heavy atom. The van der Waals surface area contributed by atoms with Crippen LogP contribution in [0.3, 0.4) is 0 Å². The van der Waals surface area contributed by atoms with Gasteiger partial charge in [0.05, 0.1) is 31.7 Å². The number of carbonyl (C=O) groups is 9. The van der Waals surface area contributed by atoms with Crippen molar-refractivity contribution in [2.45, 2.75) is 115 Å². The Bertz CT molecular complexity index is 1720. The van der Waals surface area contributed by atoms with E-state index in [2.05, 4.69) is 42.2 Å². The van der Waals surface area contributed by atoms with Crippen molar-refractivity contribution in [3.05, 3.63) is 35.9 Å². The van der Waals surface area contributed by atoms with Gasteiger partial charge in [-0.15, -0.1) is 0 Å². The second kappa shape index (κ2) is 27.5. The number of rotatable bonds is 28. The van der Waals surface area contributed by atoms with Crippen LogP contribution in [0.15, 0.2) is 35.3 Å². The van der Waals surface area contributed by atoms with Crippen molar-refractivity contribution >= 4 is 59.2 Å². The van der Waals surface area contributed by atoms with Gasteiger partial charge in [-0.2, -0.15) is 0 Å². The molecule has 0 fully saturated rings. The van der Waals surface area contributed by atoms with E-state index in [-0.39, 0.29) is 44.1 Å². The molecule has 346 valence electrons. The van der Waals surface area contributed by atoms with Crippen LogP contribution in [0.5, 0.6) is 0 Å². The summed E-state index contributed by atoms with van der Waals surface area (Å²) in [6.07, 6.45) is -1.63. The highest BCUT2D eigenvalue weighted by atomic mass is 16.4. The summed E-state index contributed by atoms with van der Waals surface area (Å²) in [5, 5.41) is 36.7. The molecular formula is C39H64N12O11. The molecule has 0 heterocycles. The molecule has 1 aromatic rings. The van der Waals surface area contributed by atoms with Crippen LogP contribution in [0.25, 0.3) is 0 Å². The van der Waals surface area contributed by atoms with Crippen molar-refractivity contribution in [2.75, 3.05) is 19.6 Å². The summed E-state index contributed by atoms with van der Waals surface area (Å²) < 4.78 is 0. The number of hydrogen-bond donors (Lipinski definition) is 13. The quantitative estimate of drug-likeness (QED) is 0.0215. The predicted octanol–water partition coefficient (Wildman–Crippen LogP) is -4.30. The fourth-order valence-electron chi connectivity index (χ4n) is 5.76. The van der Waals surface area contributed by atoms with Crippen molar-refractivity contribution in [3.63, 3.8) is 0 Å².